The molecule has 0 atom stereocenters. The molecule has 3 rings (SSSR count). The number of hydrogen-bond donors (Lipinski definition) is 2. The number of guanidine groups is 1. The molecule has 3 N–H and O–H groups in total. The maximum atomic E-state index is 11.7. The van der Waals surface area contributed by atoms with Crippen molar-refractivity contribution in [1.82, 2.24) is 10.2 Å². The third-order valence-corrected chi connectivity index (χ3v) is 4.92. The molecule has 0 spiro atoms. The fourth-order valence-corrected chi connectivity index (χ4v) is 3.26. The van der Waals surface area contributed by atoms with Crippen molar-refractivity contribution in [3.63, 3.8) is 0 Å². The molecule has 1 fully saturated rings. The van der Waals surface area contributed by atoms with Crippen LogP contribution in [0.15, 0.2) is 47.5 Å². The summed E-state index contributed by atoms with van der Waals surface area (Å²) in [4.78, 5) is 18.0. The van der Waals surface area contributed by atoms with Crippen molar-refractivity contribution in [2.75, 3.05) is 20.8 Å². The second-order valence-electron chi connectivity index (χ2n) is 6.98. The van der Waals surface area contributed by atoms with Crippen molar-refractivity contribution in [3.05, 3.63) is 59.2 Å². The first-order valence-electron chi connectivity index (χ1n) is 9.69. The highest BCUT2D eigenvalue weighted by molar-refractivity contribution is 5.78. The van der Waals surface area contributed by atoms with Crippen molar-refractivity contribution >= 4 is 11.9 Å². The highest BCUT2D eigenvalue weighted by atomic mass is 16.5. The third-order valence-electron chi connectivity index (χ3n) is 4.92. The minimum absolute atomic E-state index is 0.245. The number of ether oxygens (including phenoxy) is 2. The number of nitrogens with zero attached hydrogens (tertiary/aromatic N) is 2. The molecule has 7 heteroatoms. The summed E-state index contributed by atoms with van der Waals surface area (Å²) in [6.45, 7) is 2.57. The predicted octanol–water partition coefficient (Wildman–Crippen LogP) is 2.43. The Morgan fingerprint density at radius 3 is 2.41 bits per heavy atom. The summed E-state index contributed by atoms with van der Waals surface area (Å²) in [6, 6.07) is 13.9. The van der Waals surface area contributed by atoms with E-state index in [1.807, 2.05) is 35.2 Å². The van der Waals surface area contributed by atoms with Crippen LogP contribution < -0.4 is 20.5 Å². The standard InChI is InChI=1S/C22H28N4O3/c1-28-19-10-9-18(12-20(19)29-2)14-25-22(23)24-13-16-5-7-17(8-6-16)15-26-11-3-4-21(26)27/h5-10,12H,3-4,11,13-15H2,1-2H3,(H3,23,24,25). The smallest absolute Gasteiger partial charge is 0.222 e. The van der Waals surface area contributed by atoms with Gasteiger partial charge in [-0.05, 0) is 35.2 Å². The van der Waals surface area contributed by atoms with Gasteiger partial charge < -0.3 is 25.4 Å². The van der Waals surface area contributed by atoms with Crippen LogP contribution in [-0.4, -0.2) is 37.5 Å². The van der Waals surface area contributed by atoms with Crippen molar-refractivity contribution in [2.45, 2.75) is 32.5 Å². The Labute approximate surface area is 171 Å². The number of carbonyl (C=O) groups is 1. The number of amides is 1. The molecule has 7 nitrogen and oxygen atoms in total. The molecule has 0 aliphatic carbocycles. The Bertz CT molecular complexity index is 865. The maximum Gasteiger partial charge on any atom is 0.222 e. The van der Waals surface area contributed by atoms with Gasteiger partial charge in [-0.2, -0.15) is 0 Å². The molecule has 0 aromatic heterocycles. The van der Waals surface area contributed by atoms with Gasteiger partial charge in [-0.1, -0.05) is 30.3 Å². The quantitative estimate of drug-likeness (QED) is 0.528. The van der Waals surface area contributed by atoms with Gasteiger partial charge >= 0.3 is 0 Å². The van der Waals surface area contributed by atoms with Crippen LogP contribution in [0.2, 0.25) is 0 Å². The third kappa shape index (κ3) is 5.63. The van der Waals surface area contributed by atoms with Crippen LogP contribution in [0.1, 0.15) is 29.5 Å². The lowest BCUT2D eigenvalue weighted by Crippen LogP contribution is -2.31. The second-order valence-corrected chi connectivity index (χ2v) is 6.98. The first-order chi connectivity index (χ1) is 14.1. The van der Waals surface area contributed by atoms with Gasteiger partial charge in [0.25, 0.3) is 0 Å². The summed E-state index contributed by atoms with van der Waals surface area (Å²) >= 11 is 0. The Morgan fingerprint density at radius 1 is 1.07 bits per heavy atom. The Morgan fingerprint density at radius 2 is 1.76 bits per heavy atom. The topological polar surface area (TPSA) is 89.2 Å². The van der Waals surface area contributed by atoms with Crippen LogP contribution >= 0.6 is 0 Å². The summed E-state index contributed by atoms with van der Waals surface area (Å²) in [5, 5.41) is 3.13. The number of carbonyl (C=O) groups excluding carboxylic acids is 1. The van der Waals surface area contributed by atoms with E-state index in [1.54, 1.807) is 14.2 Å². The van der Waals surface area contributed by atoms with Gasteiger partial charge in [0.15, 0.2) is 17.5 Å². The van der Waals surface area contributed by atoms with E-state index in [9.17, 15) is 4.79 Å². The van der Waals surface area contributed by atoms with Crippen molar-refractivity contribution < 1.29 is 14.3 Å². The predicted molar refractivity (Wildman–Crippen MR) is 113 cm³/mol. The summed E-state index contributed by atoms with van der Waals surface area (Å²) in [7, 11) is 3.21. The van der Waals surface area contributed by atoms with Gasteiger partial charge in [-0.25, -0.2) is 4.99 Å². The zero-order valence-electron chi connectivity index (χ0n) is 17.0. The van der Waals surface area contributed by atoms with Crippen LogP contribution in [-0.2, 0) is 24.4 Å². The second kappa shape index (κ2) is 9.82. The zero-order chi connectivity index (χ0) is 20.6. The van der Waals surface area contributed by atoms with E-state index in [4.69, 9.17) is 15.2 Å². The summed E-state index contributed by atoms with van der Waals surface area (Å²) < 4.78 is 10.5. The Kier molecular flexibility index (Phi) is 6.94. The summed E-state index contributed by atoms with van der Waals surface area (Å²) in [6.07, 6.45) is 1.63. The molecule has 29 heavy (non-hydrogen) atoms. The van der Waals surface area contributed by atoms with Crippen molar-refractivity contribution in [1.29, 1.82) is 0 Å². The van der Waals surface area contributed by atoms with Gasteiger partial charge in [0.2, 0.25) is 5.91 Å². The molecule has 154 valence electrons. The van der Waals surface area contributed by atoms with Crippen molar-refractivity contribution in [2.24, 2.45) is 10.7 Å². The average Bonchev–Trinajstić information content (AvgIpc) is 3.15. The van der Waals surface area contributed by atoms with Gasteiger partial charge in [0, 0.05) is 26.1 Å². The molecule has 0 bridgehead atoms. The number of benzene rings is 2. The van der Waals surface area contributed by atoms with Gasteiger partial charge in [0.05, 0.1) is 20.8 Å². The molecule has 0 unspecified atom stereocenters. The lowest BCUT2D eigenvalue weighted by molar-refractivity contribution is -0.128. The Hall–Kier alpha value is -3.22. The molecule has 1 amide bonds. The molecular formula is C22H28N4O3. The highest BCUT2D eigenvalue weighted by Gasteiger charge is 2.19. The largest absolute Gasteiger partial charge is 0.493 e. The van der Waals surface area contributed by atoms with E-state index in [-0.39, 0.29) is 5.91 Å². The van der Waals surface area contributed by atoms with Gasteiger partial charge in [0.1, 0.15) is 0 Å². The molecule has 1 aliphatic rings. The fourth-order valence-electron chi connectivity index (χ4n) is 3.26. The molecule has 2 aromatic rings. The Balaban J connectivity index is 1.49. The first kappa shape index (κ1) is 20.5. The fraction of sp³-hybridized carbons (Fsp3) is 0.364. The highest BCUT2D eigenvalue weighted by Crippen LogP contribution is 2.27. The minimum atomic E-state index is 0.245. The van der Waals surface area contributed by atoms with Crippen LogP contribution in [0.3, 0.4) is 0 Å². The zero-order valence-corrected chi connectivity index (χ0v) is 17.0. The lowest BCUT2D eigenvalue weighted by atomic mass is 10.1. The average molecular weight is 396 g/mol. The molecule has 2 aromatic carbocycles. The number of rotatable bonds is 8. The molecule has 1 heterocycles. The van der Waals surface area contributed by atoms with Crippen LogP contribution in [0, 0.1) is 0 Å². The number of aliphatic imine (C=N–C) groups is 1. The molecular weight excluding hydrogens is 368 g/mol. The lowest BCUT2D eigenvalue weighted by Gasteiger charge is -2.15. The number of methoxy groups -OCH3 is 2. The van der Waals surface area contributed by atoms with Gasteiger partial charge in [-0.3, -0.25) is 4.79 Å². The molecule has 1 saturated heterocycles. The molecule has 0 saturated carbocycles. The monoisotopic (exact) mass is 396 g/mol. The number of nitrogens with two attached hydrogens (primary N) is 1. The first-order valence-corrected chi connectivity index (χ1v) is 9.69. The van der Waals surface area contributed by atoms with E-state index >= 15 is 0 Å². The van der Waals surface area contributed by atoms with Gasteiger partial charge in [-0.15, -0.1) is 0 Å². The van der Waals surface area contributed by atoms with Crippen LogP contribution in [0.4, 0.5) is 0 Å². The summed E-state index contributed by atoms with van der Waals surface area (Å²) in [5.74, 6) is 1.98. The summed E-state index contributed by atoms with van der Waals surface area (Å²) in [5.41, 5.74) is 9.21. The van der Waals surface area contributed by atoms with Crippen LogP contribution in [0.25, 0.3) is 0 Å². The normalized spacial score (nSPS) is 14.2. The number of hydrogen-bond acceptors (Lipinski definition) is 4. The van der Waals surface area contributed by atoms with Crippen LogP contribution in [0.5, 0.6) is 11.5 Å². The number of nitrogens with one attached hydrogen (secondary N) is 1. The SMILES string of the molecule is COc1ccc(CN=C(N)NCc2ccc(CN3CCCC3=O)cc2)cc1OC. The van der Waals surface area contributed by atoms with E-state index in [0.717, 1.165) is 29.7 Å². The number of likely N-dealkylation sites (tertiary alicyclic amines) is 1. The van der Waals surface area contributed by atoms with E-state index in [1.165, 1.54) is 0 Å². The van der Waals surface area contributed by atoms with Crippen molar-refractivity contribution in [3.8, 4) is 11.5 Å². The van der Waals surface area contributed by atoms with E-state index in [0.29, 0.717) is 43.5 Å². The minimum Gasteiger partial charge on any atom is -0.493 e. The van der Waals surface area contributed by atoms with E-state index < -0.39 is 0 Å². The maximum absolute atomic E-state index is 11.7. The van der Waals surface area contributed by atoms with E-state index in [2.05, 4.69) is 22.4 Å². The molecule has 0 radical (unpaired) electrons. The molecule has 1 aliphatic heterocycles.